The number of ketones is 1. The van der Waals surface area contributed by atoms with E-state index in [9.17, 15) is 14.7 Å². The molecular weight excluding hydrogens is 396 g/mol. The van der Waals surface area contributed by atoms with Crippen molar-refractivity contribution in [2.24, 2.45) is 0 Å². The molecule has 4 rings (SSSR count). The van der Waals surface area contributed by atoms with Crippen molar-refractivity contribution in [1.29, 1.82) is 0 Å². The molecule has 28 heavy (non-hydrogen) atoms. The van der Waals surface area contributed by atoms with Gasteiger partial charge < -0.3 is 10.0 Å². The van der Waals surface area contributed by atoms with E-state index >= 15 is 0 Å². The lowest BCUT2D eigenvalue weighted by molar-refractivity contribution is -0.140. The Hall–Kier alpha value is -2.96. The lowest BCUT2D eigenvalue weighted by Gasteiger charge is -2.25. The molecule has 1 fully saturated rings. The molecule has 1 aliphatic heterocycles. The Morgan fingerprint density at radius 2 is 1.96 bits per heavy atom. The van der Waals surface area contributed by atoms with Crippen LogP contribution in [0.1, 0.15) is 22.0 Å². The van der Waals surface area contributed by atoms with Crippen LogP contribution < -0.4 is 0 Å². The van der Waals surface area contributed by atoms with Gasteiger partial charge >= 0.3 is 0 Å². The predicted octanol–water partition coefficient (Wildman–Crippen LogP) is 4.42. The minimum absolute atomic E-state index is 0.0163. The van der Waals surface area contributed by atoms with E-state index in [1.54, 1.807) is 42.6 Å². The third kappa shape index (κ3) is 3.21. The SMILES string of the molecule is O=C1C(=O)N(Cc2cccs2)C(c2ccccc2Cl)/C1=C(\O)c1cccnc1. The first-order chi connectivity index (χ1) is 13.6. The van der Waals surface area contributed by atoms with E-state index in [4.69, 9.17) is 11.6 Å². The molecule has 1 aliphatic rings. The number of benzene rings is 1. The van der Waals surface area contributed by atoms with Gasteiger partial charge in [0.2, 0.25) is 0 Å². The molecule has 1 saturated heterocycles. The molecule has 1 aromatic carbocycles. The molecule has 1 atom stereocenters. The van der Waals surface area contributed by atoms with Gasteiger partial charge in [-0.3, -0.25) is 14.6 Å². The summed E-state index contributed by atoms with van der Waals surface area (Å²) in [6.07, 6.45) is 3.02. The fraction of sp³-hybridized carbons (Fsp3) is 0.0952. The number of hydrogen-bond acceptors (Lipinski definition) is 5. The molecule has 0 radical (unpaired) electrons. The molecule has 1 amide bonds. The maximum Gasteiger partial charge on any atom is 0.295 e. The minimum atomic E-state index is -0.781. The van der Waals surface area contributed by atoms with Gasteiger partial charge in [-0.15, -0.1) is 11.3 Å². The number of likely N-dealkylation sites (tertiary alicyclic amines) is 1. The molecule has 0 aliphatic carbocycles. The summed E-state index contributed by atoms with van der Waals surface area (Å²) in [5.41, 5.74) is 0.974. The second kappa shape index (κ2) is 7.58. The second-order valence-electron chi connectivity index (χ2n) is 6.27. The average molecular weight is 411 g/mol. The first-order valence-corrected chi connectivity index (χ1v) is 9.79. The topological polar surface area (TPSA) is 70.5 Å². The van der Waals surface area contributed by atoms with Crippen LogP contribution in [-0.2, 0) is 16.1 Å². The maximum absolute atomic E-state index is 12.9. The molecule has 0 bridgehead atoms. The Morgan fingerprint density at radius 1 is 1.14 bits per heavy atom. The zero-order chi connectivity index (χ0) is 19.7. The number of thiophene rings is 1. The fourth-order valence-electron chi connectivity index (χ4n) is 3.29. The molecule has 3 aromatic rings. The molecule has 0 spiro atoms. The van der Waals surface area contributed by atoms with Gasteiger partial charge in [0.05, 0.1) is 18.2 Å². The van der Waals surface area contributed by atoms with Gasteiger partial charge in [0.15, 0.2) is 0 Å². The molecule has 140 valence electrons. The predicted molar refractivity (Wildman–Crippen MR) is 108 cm³/mol. The summed E-state index contributed by atoms with van der Waals surface area (Å²) >= 11 is 7.89. The molecule has 1 unspecified atom stereocenters. The number of Topliss-reactive ketones (excluding diaryl/α,β-unsaturated/α-hetero) is 1. The number of nitrogens with zero attached hydrogens (tertiary/aromatic N) is 2. The average Bonchev–Trinajstić information content (AvgIpc) is 3.31. The minimum Gasteiger partial charge on any atom is -0.507 e. The third-order valence-electron chi connectivity index (χ3n) is 4.58. The Morgan fingerprint density at radius 3 is 2.64 bits per heavy atom. The van der Waals surface area contributed by atoms with Crippen LogP contribution in [0.4, 0.5) is 0 Å². The number of aliphatic hydroxyl groups excluding tert-OH is 1. The van der Waals surface area contributed by atoms with E-state index in [2.05, 4.69) is 4.98 Å². The zero-order valence-electron chi connectivity index (χ0n) is 14.6. The number of pyridine rings is 1. The Kier molecular flexibility index (Phi) is 4.98. The summed E-state index contributed by atoms with van der Waals surface area (Å²) in [5.74, 6) is -1.66. The highest BCUT2D eigenvalue weighted by molar-refractivity contribution is 7.09. The molecule has 2 aromatic heterocycles. The Balaban J connectivity index is 1.90. The summed E-state index contributed by atoms with van der Waals surface area (Å²) in [5, 5.41) is 13.2. The van der Waals surface area contributed by atoms with Crippen LogP contribution in [0.3, 0.4) is 0 Å². The van der Waals surface area contributed by atoms with Crippen molar-refractivity contribution in [3.63, 3.8) is 0 Å². The van der Waals surface area contributed by atoms with Crippen LogP contribution in [0.2, 0.25) is 5.02 Å². The van der Waals surface area contributed by atoms with Crippen molar-refractivity contribution in [2.45, 2.75) is 12.6 Å². The van der Waals surface area contributed by atoms with E-state index in [1.807, 2.05) is 17.5 Å². The van der Waals surface area contributed by atoms with Gasteiger partial charge in [0.25, 0.3) is 11.7 Å². The molecule has 7 heteroatoms. The normalized spacial score (nSPS) is 18.6. The van der Waals surface area contributed by atoms with Gasteiger partial charge in [-0.25, -0.2) is 0 Å². The summed E-state index contributed by atoms with van der Waals surface area (Å²) in [6.45, 7) is 0.252. The number of amides is 1. The number of hydrogen-bond donors (Lipinski definition) is 1. The largest absolute Gasteiger partial charge is 0.507 e. The van der Waals surface area contributed by atoms with Gasteiger partial charge in [-0.2, -0.15) is 0 Å². The highest BCUT2D eigenvalue weighted by atomic mass is 35.5. The van der Waals surface area contributed by atoms with Crippen molar-refractivity contribution < 1.29 is 14.7 Å². The van der Waals surface area contributed by atoms with Crippen LogP contribution >= 0.6 is 22.9 Å². The second-order valence-corrected chi connectivity index (χ2v) is 7.71. The molecule has 5 nitrogen and oxygen atoms in total. The number of rotatable bonds is 4. The number of aliphatic hydroxyl groups is 1. The maximum atomic E-state index is 12.9. The van der Waals surface area contributed by atoms with Gasteiger partial charge in [0, 0.05) is 27.9 Å². The first kappa shape index (κ1) is 18.4. The lowest BCUT2D eigenvalue weighted by Crippen LogP contribution is -2.29. The smallest absolute Gasteiger partial charge is 0.295 e. The highest BCUT2D eigenvalue weighted by Crippen LogP contribution is 2.42. The molecular formula is C21H15ClN2O3S. The summed E-state index contributed by atoms with van der Waals surface area (Å²) in [6, 6.07) is 13.3. The highest BCUT2D eigenvalue weighted by Gasteiger charge is 2.46. The number of carbonyl (C=O) groups excluding carboxylic acids is 2. The quantitative estimate of drug-likeness (QED) is 0.392. The van der Waals surface area contributed by atoms with Crippen LogP contribution in [0.5, 0.6) is 0 Å². The van der Waals surface area contributed by atoms with E-state index in [1.165, 1.54) is 22.4 Å². The van der Waals surface area contributed by atoms with Crippen molar-refractivity contribution >= 4 is 40.4 Å². The van der Waals surface area contributed by atoms with Gasteiger partial charge in [-0.1, -0.05) is 35.9 Å². The lowest BCUT2D eigenvalue weighted by atomic mass is 9.95. The van der Waals surface area contributed by atoms with E-state index in [-0.39, 0.29) is 17.9 Å². The van der Waals surface area contributed by atoms with E-state index in [0.29, 0.717) is 16.1 Å². The molecule has 1 N–H and O–H groups in total. The van der Waals surface area contributed by atoms with Gasteiger partial charge in [0.1, 0.15) is 5.76 Å². The van der Waals surface area contributed by atoms with Crippen molar-refractivity contribution in [3.05, 3.63) is 92.9 Å². The molecule has 3 heterocycles. The summed E-state index contributed by atoms with van der Waals surface area (Å²) < 4.78 is 0. The standard InChI is InChI=1S/C21H15ClN2O3S/c22-16-8-2-1-7-15(16)18-17(19(25)13-5-3-9-23-11-13)20(26)21(27)24(18)12-14-6-4-10-28-14/h1-11,18,25H,12H2/b19-17+. The Labute approximate surface area is 170 Å². The number of halogens is 1. The van der Waals surface area contributed by atoms with Crippen molar-refractivity contribution in [2.75, 3.05) is 0 Å². The van der Waals surface area contributed by atoms with Gasteiger partial charge in [-0.05, 0) is 35.2 Å². The third-order valence-corrected chi connectivity index (χ3v) is 5.79. The zero-order valence-corrected chi connectivity index (χ0v) is 16.2. The molecule has 0 saturated carbocycles. The monoisotopic (exact) mass is 410 g/mol. The van der Waals surface area contributed by atoms with Crippen LogP contribution in [0, 0.1) is 0 Å². The van der Waals surface area contributed by atoms with Crippen molar-refractivity contribution in [3.8, 4) is 0 Å². The summed E-state index contributed by atoms with van der Waals surface area (Å²) in [7, 11) is 0. The fourth-order valence-corrected chi connectivity index (χ4v) is 4.23. The summed E-state index contributed by atoms with van der Waals surface area (Å²) in [4.78, 5) is 32.1. The van der Waals surface area contributed by atoms with Crippen LogP contribution in [0.25, 0.3) is 5.76 Å². The Bertz CT molecular complexity index is 1060. The van der Waals surface area contributed by atoms with E-state index in [0.717, 1.165) is 4.88 Å². The van der Waals surface area contributed by atoms with Crippen molar-refractivity contribution in [1.82, 2.24) is 9.88 Å². The van der Waals surface area contributed by atoms with E-state index < -0.39 is 17.7 Å². The first-order valence-electron chi connectivity index (χ1n) is 8.53. The van der Waals surface area contributed by atoms with Crippen LogP contribution in [-0.4, -0.2) is 26.7 Å². The number of carbonyl (C=O) groups is 2. The number of aromatic nitrogens is 1. The van der Waals surface area contributed by atoms with Crippen LogP contribution in [0.15, 0.2) is 71.9 Å².